The van der Waals surface area contributed by atoms with Gasteiger partial charge in [-0.1, -0.05) is 6.07 Å². The zero-order chi connectivity index (χ0) is 10.3. The Balaban J connectivity index is 2.81. The van der Waals surface area contributed by atoms with Crippen LogP contribution in [0.4, 0.5) is 4.39 Å². The summed E-state index contributed by atoms with van der Waals surface area (Å²) in [5.41, 5.74) is 0.348. The second-order valence-electron chi connectivity index (χ2n) is 2.80. The fourth-order valence-corrected chi connectivity index (χ4v) is 3.10. The number of hydrogen-bond acceptors (Lipinski definition) is 3. The quantitative estimate of drug-likeness (QED) is 0.614. The fourth-order valence-electron chi connectivity index (χ4n) is 1.31. The van der Waals surface area contributed by atoms with Crippen molar-refractivity contribution in [2.75, 3.05) is 0 Å². The van der Waals surface area contributed by atoms with Gasteiger partial charge in [-0.05, 0) is 45.6 Å². The molecule has 14 heavy (non-hydrogen) atoms. The topological polar surface area (TPSA) is 40.5 Å². The van der Waals surface area contributed by atoms with E-state index in [1.165, 1.54) is 23.5 Å². The molecule has 0 atom stereocenters. The maximum atomic E-state index is 13.3. The Bertz CT molecular complexity index is 485. The number of fused-ring (bicyclic) bond motifs is 1. The minimum atomic E-state index is -1.55. The molecule has 2 nitrogen and oxygen atoms in total. The highest BCUT2D eigenvalue weighted by atomic mass is 127. The smallest absolute Gasteiger partial charge is 0.423 e. The van der Waals surface area contributed by atoms with Crippen LogP contribution < -0.4 is 5.46 Å². The molecule has 0 amide bonds. The molecule has 0 bridgehead atoms. The van der Waals surface area contributed by atoms with E-state index in [1.54, 1.807) is 6.07 Å². The Morgan fingerprint density at radius 2 is 2.07 bits per heavy atom. The first-order chi connectivity index (χ1) is 6.59. The van der Waals surface area contributed by atoms with Crippen LogP contribution in [-0.4, -0.2) is 17.2 Å². The van der Waals surface area contributed by atoms with Gasteiger partial charge in [0, 0.05) is 0 Å². The molecule has 0 saturated heterocycles. The van der Waals surface area contributed by atoms with Crippen LogP contribution in [-0.2, 0) is 0 Å². The average molecular weight is 322 g/mol. The summed E-state index contributed by atoms with van der Waals surface area (Å²) < 4.78 is 14.7. The van der Waals surface area contributed by atoms with E-state index in [-0.39, 0.29) is 5.82 Å². The first-order valence-corrected chi connectivity index (χ1v) is 5.72. The first-order valence-electron chi connectivity index (χ1n) is 3.83. The molecule has 0 spiro atoms. The summed E-state index contributed by atoms with van der Waals surface area (Å²) in [7, 11) is -1.55. The van der Waals surface area contributed by atoms with Crippen molar-refractivity contribution in [3.05, 3.63) is 26.9 Å². The summed E-state index contributed by atoms with van der Waals surface area (Å²) in [6, 6.07) is 4.40. The van der Waals surface area contributed by atoms with Gasteiger partial charge in [-0.25, -0.2) is 4.39 Å². The normalized spacial score (nSPS) is 10.9. The van der Waals surface area contributed by atoms with E-state index in [0.29, 0.717) is 15.5 Å². The van der Waals surface area contributed by atoms with Crippen molar-refractivity contribution in [2.45, 2.75) is 0 Å². The maximum Gasteiger partial charge on any atom is 0.489 e. The van der Waals surface area contributed by atoms with Gasteiger partial charge < -0.3 is 10.0 Å². The van der Waals surface area contributed by atoms with Gasteiger partial charge >= 0.3 is 7.12 Å². The average Bonchev–Trinajstić information content (AvgIpc) is 2.47. The van der Waals surface area contributed by atoms with E-state index >= 15 is 0 Å². The van der Waals surface area contributed by atoms with E-state index in [9.17, 15) is 4.39 Å². The molecule has 2 aromatic rings. The molecule has 72 valence electrons. The van der Waals surface area contributed by atoms with Crippen LogP contribution in [0.25, 0.3) is 10.1 Å². The van der Waals surface area contributed by atoms with Gasteiger partial charge in [-0.15, -0.1) is 11.3 Å². The summed E-state index contributed by atoms with van der Waals surface area (Å²) in [6.45, 7) is 0. The third kappa shape index (κ3) is 1.67. The number of benzene rings is 1. The lowest BCUT2D eigenvalue weighted by molar-refractivity contribution is 0.426. The molecule has 1 aromatic heterocycles. The van der Waals surface area contributed by atoms with Crippen LogP contribution in [0.5, 0.6) is 0 Å². The monoisotopic (exact) mass is 322 g/mol. The minimum absolute atomic E-state index is 0.322. The number of hydrogen-bond donors (Lipinski definition) is 2. The molecule has 1 aromatic carbocycles. The van der Waals surface area contributed by atoms with Gasteiger partial charge in [0.2, 0.25) is 0 Å². The number of thiophene rings is 1. The molecular formula is C8H5BFIO2S. The second kappa shape index (κ2) is 3.76. The highest BCUT2D eigenvalue weighted by Gasteiger charge is 2.17. The second-order valence-corrected chi connectivity index (χ2v) is 5.75. The predicted octanol–water partition coefficient (Wildman–Crippen LogP) is 1.32. The number of rotatable bonds is 1. The molecule has 0 aliphatic rings. The molecule has 2 N–H and O–H groups in total. The summed E-state index contributed by atoms with van der Waals surface area (Å²) in [4.78, 5) is 0. The zero-order valence-electron chi connectivity index (χ0n) is 6.87. The van der Waals surface area contributed by atoms with Crippen LogP contribution in [0.1, 0.15) is 0 Å². The third-order valence-corrected chi connectivity index (χ3v) is 3.82. The van der Waals surface area contributed by atoms with Crippen molar-refractivity contribution in [3.8, 4) is 0 Å². The molecule has 0 aliphatic heterocycles. The number of halogens is 2. The van der Waals surface area contributed by atoms with E-state index in [4.69, 9.17) is 10.0 Å². The van der Waals surface area contributed by atoms with Crippen molar-refractivity contribution in [2.24, 2.45) is 0 Å². The van der Waals surface area contributed by atoms with Crippen LogP contribution in [0.3, 0.4) is 0 Å². The lowest BCUT2D eigenvalue weighted by Crippen LogP contribution is -2.30. The lowest BCUT2D eigenvalue weighted by Gasteiger charge is -2.01. The largest absolute Gasteiger partial charge is 0.489 e. The Hall–Kier alpha value is -0.175. The molecule has 6 heteroatoms. The van der Waals surface area contributed by atoms with E-state index in [1.807, 2.05) is 0 Å². The Kier molecular flexibility index (Phi) is 2.78. The van der Waals surface area contributed by atoms with Gasteiger partial charge in [0.15, 0.2) is 0 Å². The van der Waals surface area contributed by atoms with Crippen LogP contribution in [0.2, 0.25) is 0 Å². The van der Waals surface area contributed by atoms with Crippen molar-refractivity contribution >= 4 is 56.6 Å². The van der Waals surface area contributed by atoms with Crippen molar-refractivity contribution in [1.29, 1.82) is 0 Å². The van der Waals surface area contributed by atoms with Crippen molar-refractivity contribution in [3.63, 3.8) is 0 Å². The highest BCUT2D eigenvalue weighted by molar-refractivity contribution is 14.1. The Morgan fingerprint density at radius 1 is 1.36 bits per heavy atom. The summed E-state index contributed by atoms with van der Waals surface area (Å²) >= 11 is 3.38. The van der Waals surface area contributed by atoms with Gasteiger partial charge in [0.1, 0.15) is 5.82 Å². The van der Waals surface area contributed by atoms with Gasteiger partial charge in [0.25, 0.3) is 0 Å². The van der Waals surface area contributed by atoms with Gasteiger partial charge in [0.05, 0.1) is 7.58 Å². The van der Waals surface area contributed by atoms with Crippen LogP contribution in [0.15, 0.2) is 18.2 Å². The SMILES string of the molecule is OB(O)c1ccc(F)c2sc(I)cc12. The summed E-state index contributed by atoms with van der Waals surface area (Å²) in [5, 5.41) is 18.7. The lowest BCUT2D eigenvalue weighted by atomic mass is 9.78. The van der Waals surface area contributed by atoms with Crippen LogP contribution in [0, 0.1) is 8.70 Å². The molecule has 0 radical (unpaired) electrons. The van der Waals surface area contributed by atoms with Gasteiger partial charge in [-0.3, -0.25) is 0 Å². The molecule has 0 unspecified atom stereocenters. The Morgan fingerprint density at radius 3 is 2.71 bits per heavy atom. The molecule has 0 saturated carbocycles. The maximum absolute atomic E-state index is 13.3. The van der Waals surface area contributed by atoms with Crippen LogP contribution >= 0.6 is 33.9 Å². The van der Waals surface area contributed by atoms with E-state index in [2.05, 4.69) is 22.6 Å². The van der Waals surface area contributed by atoms with Gasteiger partial charge in [-0.2, -0.15) is 0 Å². The van der Waals surface area contributed by atoms with E-state index in [0.717, 1.165) is 2.88 Å². The highest BCUT2D eigenvalue weighted by Crippen LogP contribution is 2.27. The summed E-state index contributed by atoms with van der Waals surface area (Å²) in [6.07, 6.45) is 0. The molecule has 0 fully saturated rings. The third-order valence-electron chi connectivity index (χ3n) is 1.92. The first kappa shape index (κ1) is 10.3. The zero-order valence-corrected chi connectivity index (χ0v) is 9.84. The molecular weight excluding hydrogens is 317 g/mol. The fraction of sp³-hybridized carbons (Fsp3) is 0. The molecule has 1 heterocycles. The summed E-state index contributed by atoms with van der Waals surface area (Å²) in [5.74, 6) is -0.322. The standard InChI is InChI=1S/C8H5BFIO2S/c10-6-2-1-5(9(12)13)4-3-7(11)14-8(4)6/h1-3,12-13H. The molecule has 2 rings (SSSR count). The predicted molar refractivity (Wildman–Crippen MR) is 64.3 cm³/mol. The van der Waals surface area contributed by atoms with E-state index < -0.39 is 7.12 Å². The Labute approximate surface area is 97.7 Å². The molecule has 0 aliphatic carbocycles. The van der Waals surface area contributed by atoms with Crippen molar-refractivity contribution < 1.29 is 14.4 Å². The minimum Gasteiger partial charge on any atom is -0.423 e. The van der Waals surface area contributed by atoms with Crippen molar-refractivity contribution in [1.82, 2.24) is 0 Å².